The van der Waals surface area contributed by atoms with Crippen LogP contribution in [0.3, 0.4) is 0 Å². The topological polar surface area (TPSA) is 84.2 Å². The Morgan fingerprint density at radius 1 is 1.29 bits per heavy atom. The van der Waals surface area contributed by atoms with Crippen molar-refractivity contribution >= 4 is 35.0 Å². The van der Waals surface area contributed by atoms with Crippen molar-refractivity contribution in [2.45, 2.75) is 13.0 Å². The Morgan fingerprint density at radius 2 is 1.94 bits per heavy atom. The molecule has 0 fully saturated rings. The van der Waals surface area contributed by atoms with Gasteiger partial charge in [-0.3, -0.25) is 15.0 Å². The number of carbonyl (C=O) groups is 2. The Labute approximate surface area is 108 Å². The molecule has 1 aromatic rings. The van der Waals surface area contributed by atoms with Crippen LogP contribution in [0.15, 0.2) is 18.2 Å². The molecule has 1 atom stereocenters. The molecular weight excluding hydrogens is 265 g/mol. The van der Waals surface area contributed by atoms with E-state index in [1.165, 1.54) is 0 Å². The van der Waals surface area contributed by atoms with E-state index in [4.69, 9.17) is 29.0 Å². The van der Waals surface area contributed by atoms with Crippen molar-refractivity contribution in [3.63, 3.8) is 0 Å². The first kappa shape index (κ1) is 13.8. The third-order valence-electron chi connectivity index (χ3n) is 2.11. The van der Waals surface area contributed by atoms with Gasteiger partial charge in [-0.05, 0) is 24.6 Å². The van der Waals surface area contributed by atoms with Gasteiger partial charge in [0.25, 0.3) is 0 Å². The van der Waals surface area contributed by atoms with Crippen LogP contribution in [0.25, 0.3) is 0 Å². The standard InChI is InChI=1S/C10H11Cl2N3O2/c1-5(14-9(16)10(17)15-13)7-3-2-6(11)4-8(7)12/h2-5H,13H2,1H3,(H,14,16)(H,15,17). The summed E-state index contributed by atoms with van der Waals surface area (Å²) in [7, 11) is 0. The highest BCUT2D eigenvalue weighted by Gasteiger charge is 2.17. The number of hydrazine groups is 1. The van der Waals surface area contributed by atoms with Gasteiger partial charge in [-0.2, -0.15) is 0 Å². The smallest absolute Gasteiger partial charge is 0.323 e. The van der Waals surface area contributed by atoms with Gasteiger partial charge < -0.3 is 5.32 Å². The molecule has 7 heteroatoms. The van der Waals surface area contributed by atoms with Gasteiger partial charge in [0.05, 0.1) is 6.04 Å². The number of amides is 2. The Hall–Kier alpha value is -1.30. The number of rotatable bonds is 2. The average molecular weight is 276 g/mol. The molecule has 0 bridgehead atoms. The quantitative estimate of drug-likeness (QED) is 0.328. The van der Waals surface area contributed by atoms with Crippen LogP contribution in [0.1, 0.15) is 18.5 Å². The third-order valence-corrected chi connectivity index (χ3v) is 2.68. The van der Waals surface area contributed by atoms with Crippen molar-refractivity contribution in [3.05, 3.63) is 33.8 Å². The van der Waals surface area contributed by atoms with Gasteiger partial charge in [0.1, 0.15) is 0 Å². The fourth-order valence-electron chi connectivity index (χ4n) is 1.26. The molecule has 0 heterocycles. The number of halogens is 2. The van der Waals surface area contributed by atoms with E-state index in [0.29, 0.717) is 15.6 Å². The number of nitrogens with one attached hydrogen (secondary N) is 2. The monoisotopic (exact) mass is 275 g/mol. The first-order valence-corrected chi connectivity index (χ1v) is 5.47. The van der Waals surface area contributed by atoms with Crippen molar-refractivity contribution in [3.8, 4) is 0 Å². The minimum absolute atomic E-state index is 0.415. The Balaban J connectivity index is 2.80. The maximum atomic E-state index is 11.3. The number of hydrogen-bond donors (Lipinski definition) is 3. The summed E-state index contributed by atoms with van der Waals surface area (Å²) < 4.78 is 0. The Morgan fingerprint density at radius 3 is 2.47 bits per heavy atom. The third kappa shape index (κ3) is 3.59. The summed E-state index contributed by atoms with van der Waals surface area (Å²) in [6.45, 7) is 1.69. The van der Waals surface area contributed by atoms with Crippen LogP contribution >= 0.6 is 23.2 Å². The van der Waals surface area contributed by atoms with Crippen LogP contribution in [0.2, 0.25) is 10.0 Å². The normalized spacial score (nSPS) is 11.8. The van der Waals surface area contributed by atoms with Crippen molar-refractivity contribution in [1.82, 2.24) is 10.7 Å². The molecule has 0 spiro atoms. The molecule has 17 heavy (non-hydrogen) atoms. The van der Waals surface area contributed by atoms with E-state index in [-0.39, 0.29) is 0 Å². The summed E-state index contributed by atoms with van der Waals surface area (Å²) in [4.78, 5) is 22.2. The largest absolute Gasteiger partial charge is 0.341 e. The van der Waals surface area contributed by atoms with Gasteiger partial charge in [0.15, 0.2) is 0 Å². The molecule has 0 aliphatic rings. The molecule has 2 amide bonds. The first-order chi connectivity index (χ1) is 7.95. The summed E-state index contributed by atoms with van der Waals surface area (Å²) in [6, 6.07) is 4.46. The van der Waals surface area contributed by atoms with Crippen molar-refractivity contribution in [2.75, 3.05) is 0 Å². The van der Waals surface area contributed by atoms with Crippen molar-refractivity contribution in [2.24, 2.45) is 5.84 Å². The first-order valence-electron chi connectivity index (χ1n) is 4.72. The molecule has 0 aliphatic carbocycles. The lowest BCUT2D eigenvalue weighted by atomic mass is 10.1. The number of hydrogen-bond acceptors (Lipinski definition) is 3. The molecule has 0 aromatic heterocycles. The van der Waals surface area contributed by atoms with E-state index in [2.05, 4.69) is 5.32 Å². The highest BCUT2D eigenvalue weighted by molar-refractivity contribution is 6.36. The minimum atomic E-state index is -0.915. The van der Waals surface area contributed by atoms with Crippen LogP contribution < -0.4 is 16.6 Å². The number of carbonyl (C=O) groups excluding carboxylic acids is 2. The lowest BCUT2D eigenvalue weighted by Gasteiger charge is -2.15. The highest BCUT2D eigenvalue weighted by atomic mass is 35.5. The Bertz CT molecular complexity index is 451. The number of benzene rings is 1. The molecule has 4 N–H and O–H groups in total. The zero-order valence-electron chi connectivity index (χ0n) is 8.96. The van der Waals surface area contributed by atoms with Gasteiger partial charge >= 0.3 is 11.8 Å². The van der Waals surface area contributed by atoms with Crippen LogP contribution in [0, 0.1) is 0 Å². The molecule has 0 radical (unpaired) electrons. The van der Waals surface area contributed by atoms with Gasteiger partial charge in [-0.15, -0.1) is 0 Å². The fraction of sp³-hybridized carbons (Fsp3) is 0.200. The van der Waals surface area contributed by atoms with Crippen LogP contribution in [0.4, 0.5) is 0 Å². The molecular formula is C10H11Cl2N3O2. The lowest BCUT2D eigenvalue weighted by Crippen LogP contribution is -2.43. The van der Waals surface area contributed by atoms with Gasteiger partial charge in [-0.1, -0.05) is 29.3 Å². The zero-order valence-corrected chi connectivity index (χ0v) is 10.5. The molecule has 1 aromatic carbocycles. The predicted octanol–water partition coefficient (Wildman–Crippen LogP) is 1.16. The second kappa shape index (κ2) is 5.86. The molecule has 0 saturated carbocycles. The maximum absolute atomic E-state index is 11.3. The molecule has 92 valence electrons. The summed E-state index contributed by atoms with van der Waals surface area (Å²) >= 11 is 11.7. The predicted molar refractivity (Wildman–Crippen MR) is 65.3 cm³/mol. The van der Waals surface area contributed by atoms with E-state index >= 15 is 0 Å². The van der Waals surface area contributed by atoms with Crippen LogP contribution in [-0.4, -0.2) is 11.8 Å². The van der Waals surface area contributed by atoms with Gasteiger partial charge in [0.2, 0.25) is 0 Å². The molecule has 5 nitrogen and oxygen atoms in total. The second-order valence-electron chi connectivity index (χ2n) is 3.33. The van der Waals surface area contributed by atoms with Gasteiger partial charge in [-0.25, -0.2) is 5.84 Å². The van der Waals surface area contributed by atoms with Crippen molar-refractivity contribution < 1.29 is 9.59 Å². The molecule has 1 rings (SSSR count). The van der Waals surface area contributed by atoms with E-state index in [0.717, 1.165) is 0 Å². The zero-order chi connectivity index (χ0) is 13.0. The van der Waals surface area contributed by atoms with E-state index in [9.17, 15) is 9.59 Å². The molecule has 1 unspecified atom stereocenters. The van der Waals surface area contributed by atoms with Crippen molar-refractivity contribution in [1.29, 1.82) is 0 Å². The maximum Gasteiger partial charge on any atom is 0.323 e. The van der Waals surface area contributed by atoms with Crippen LogP contribution in [0.5, 0.6) is 0 Å². The van der Waals surface area contributed by atoms with Crippen LogP contribution in [-0.2, 0) is 9.59 Å². The van der Waals surface area contributed by atoms with E-state index in [1.54, 1.807) is 30.5 Å². The lowest BCUT2D eigenvalue weighted by molar-refractivity contribution is -0.139. The fourth-order valence-corrected chi connectivity index (χ4v) is 1.83. The van der Waals surface area contributed by atoms with E-state index < -0.39 is 17.9 Å². The molecule has 0 aliphatic heterocycles. The van der Waals surface area contributed by atoms with Gasteiger partial charge in [0, 0.05) is 10.0 Å². The SMILES string of the molecule is CC(NC(=O)C(=O)NN)c1ccc(Cl)cc1Cl. The summed E-state index contributed by atoms with van der Waals surface area (Å²) in [6.07, 6.45) is 0. The minimum Gasteiger partial charge on any atom is -0.341 e. The highest BCUT2D eigenvalue weighted by Crippen LogP contribution is 2.25. The Kier molecular flexibility index (Phi) is 4.74. The number of nitrogens with two attached hydrogens (primary N) is 1. The second-order valence-corrected chi connectivity index (χ2v) is 4.18. The summed E-state index contributed by atoms with van der Waals surface area (Å²) in [5.74, 6) is 3.09. The summed E-state index contributed by atoms with van der Waals surface area (Å²) in [5, 5.41) is 3.36. The molecule has 0 saturated heterocycles. The van der Waals surface area contributed by atoms with E-state index in [1.807, 2.05) is 0 Å². The summed E-state index contributed by atoms with van der Waals surface area (Å²) in [5.41, 5.74) is 2.40. The average Bonchev–Trinajstić information content (AvgIpc) is 2.27.